The fraction of sp³-hybridized carbons (Fsp3) is 0.273. The molecule has 0 aromatic heterocycles. The molecule has 0 atom stereocenters. The van der Waals surface area contributed by atoms with Crippen LogP contribution in [0.25, 0.3) is 0 Å². The zero-order chi connectivity index (χ0) is 11.0. The van der Waals surface area contributed by atoms with Crippen molar-refractivity contribution in [3.63, 3.8) is 0 Å². The van der Waals surface area contributed by atoms with Crippen molar-refractivity contribution in [2.24, 2.45) is 0 Å². The smallest absolute Gasteiger partial charge is 0.0627 e. The van der Waals surface area contributed by atoms with E-state index < -0.39 is 0 Å². The van der Waals surface area contributed by atoms with E-state index in [9.17, 15) is 0 Å². The number of methoxy groups -OCH3 is 1. The number of hydrogen-bond acceptors (Lipinski definition) is 1. The van der Waals surface area contributed by atoms with Crippen LogP contribution < -0.4 is 0 Å². The summed E-state index contributed by atoms with van der Waals surface area (Å²) in [6.07, 6.45) is 2.57. The largest absolute Gasteiger partial charge is 0.388 e. The number of benzene rings is 1. The van der Waals surface area contributed by atoms with E-state index in [-0.39, 0.29) is 0 Å². The monoisotopic (exact) mass is 232 g/mol. The molecule has 3 heteroatoms. The zero-order valence-corrected chi connectivity index (χ0v) is 9.90. The summed E-state index contributed by atoms with van der Waals surface area (Å²) in [5, 5.41) is 1.24. The van der Waals surface area contributed by atoms with Crippen LogP contribution in [-0.2, 0) is 11.2 Å². The van der Waals surface area contributed by atoms with Gasteiger partial charge in [0.1, 0.15) is 0 Å². The summed E-state index contributed by atoms with van der Waals surface area (Å²) in [5.41, 5.74) is 1.02. The van der Waals surface area contributed by atoms with E-state index in [4.69, 9.17) is 23.2 Å². The van der Waals surface area contributed by atoms with Gasteiger partial charge < -0.3 is 4.74 Å². The minimum Gasteiger partial charge on any atom is -0.388 e. The summed E-state index contributed by atoms with van der Waals surface area (Å²) in [6.45, 7) is 3.63. The van der Waals surface area contributed by atoms with Gasteiger partial charge in [-0.1, -0.05) is 41.4 Å². The van der Waals surface area contributed by atoms with Crippen LogP contribution in [0.2, 0.25) is 10.0 Å². The molecule has 0 heterocycles. The molecule has 0 aliphatic heterocycles. The van der Waals surface area contributed by atoms with Gasteiger partial charge in [-0.15, -0.1) is 6.58 Å². The first-order chi connectivity index (χ1) is 6.67. The fourth-order valence-electron chi connectivity index (χ4n) is 0.862. The number of halogens is 2. The Labute approximate surface area is 95.3 Å². The van der Waals surface area contributed by atoms with Crippen molar-refractivity contribution >= 4 is 23.2 Å². The first-order valence-corrected chi connectivity index (χ1v) is 4.86. The molecular formula is C11H14Cl2O. The molecule has 0 unspecified atom stereocenters. The second-order valence-electron chi connectivity index (χ2n) is 2.61. The molecule has 1 aromatic carbocycles. The highest BCUT2D eigenvalue weighted by atomic mass is 35.5. The lowest BCUT2D eigenvalue weighted by Crippen LogP contribution is -1.82. The highest BCUT2D eigenvalue weighted by molar-refractivity contribution is 6.42. The van der Waals surface area contributed by atoms with Crippen LogP contribution >= 0.6 is 23.2 Å². The Morgan fingerprint density at radius 3 is 2.43 bits per heavy atom. The Balaban J connectivity index is 0.000000500. The normalized spacial score (nSPS) is 8.86. The standard InChI is InChI=1S/C9H8Cl2.C2H6O/c1-2-4-7-5-3-6-8(10)9(7)11;1-3-2/h2-3,5-6H,1,4H2;1-2H3. The van der Waals surface area contributed by atoms with Crippen LogP contribution in [0.15, 0.2) is 30.9 Å². The van der Waals surface area contributed by atoms with Gasteiger partial charge in [0.05, 0.1) is 10.0 Å². The number of hydrogen-bond donors (Lipinski definition) is 0. The molecule has 0 fully saturated rings. The molecule has 0 amide bonds. The molecule has 78 valence electrons. The summed E-state index contributed by atoms with van der Waals surface area (Å²) in [6, 6.07) is 5.60. The third-order valence-corrected chi connectivity index (χ3v) is 2.25. The average molecular weight is 233 g/mol. The minimum absolute atomic E-state index is 0.603. The van der Waals surface area contributed by atoms with E-state index >= 15 is 0 Å². The average Bonchev–Trinajstić information content (AvgIpc) is 2.15. The molecule has 0 bridgehead atoms. The van der Waals surface area contributed by atoms with Crippen molar-refractivity contribution in [2.45, 2.75) is 6.42 Å². The van der Waals surface area contributed by atoms with Crippen LogP contribution in [0.3, 0.4) is 0 Å². The van der Waals surface area contributed by atoms with Gasteiger partial charge in [-0.25, -0.2) is 0 Å². The van der Waals surface area contributed by atoms with Gasteiger partial charge in [0.15, 0.2) is 0 Å². The molecule has 0 spiro atoms. The first kappa shape index (κ1) is 13.5. The van der Waals surface area contributed by atoms with E-state index in [1.807, 2.05) is 12.1 Å². The SMILES string of the molecule is C=CCc1cccc(Cl)c1Cl.COC. The second-order valence-corrected chi connectivity index (χ2v) is 3.40. The summed E-state index contributed by atoms with van der Waals surface area (Å²) in [7, 11) is 3.25. The summed E-state index contributed by atoms with van der Waals surface area (Å²) in [4.78, 5) is 0. The summed E-state index contributed by atoms with van der Waals surface area (Å²) >= 11 is 11.7. The Morgan fingerprint density at radius 2 is 1.93 bits per heavy atom. The van der Waals surface area contributed by atoms with Crippen molar-refractivity contribution in [3.8, 4) is 0 Å². The van der Waals surface area contributed by atoms with Gasteiger partial charge in [-0.05, 0) is 18.1 Å². The van der Waals surface area contributed by atoms with Crippen molar-refractivity contribution in [1.82, 2.24) is 0 Å². The highest BCUT2D eigenvalue weighted by Crippen LogP contribution is 2.25. The number of rotatable bonds is 2. The van der Waals surface area contributed by atoms with Gasteiger partial charge >= 0.3 is 0 Å². The lowest BCUT2D eigenvalue weighted by atomic mass is 10.1. The van der Waals surface area contributed by atoms with Gasteiger partial charge in [0.2, 0.25) is 0 Å². The zero-order valence-electron chi connectivity index (χ0n) is 8.39. The maximum atomic E-state index is 5.89. The molecule has 1 nitrogen and oxygen atoms in total. The number of ether oxygens (including phenoxy) is 1. The molecule has 0 aliphatic carbocycles. The Bertz CT molecular complexity index is 285. The lowest BCUT2D eigenvalue weighted by molar-refractivity contribution is 0.277. The van der Waals surface area contributed by atoms with E-state index in [0.29, 0.717) is 10.0 Å². The molecular weight excluding hydrogens is 219 g/mol. The molecule has 0 saturated carbocycles. The number of allylic oxidation sites excluding steroid dienone is 1. The van der Waals surface area contributed by atoms with Gasteiger partial charge in [-0.2, -0.15) is 0 Å². The Hall–Kier alpha value is -0.500. The third-order valence-electron chi connectivity index (χ3n) is 1.40. The quantitative estimate of drug-likeness (QED) is 0.702. The first-order valence-electron chi connectivity index (χ1n) is 4.11. The van der Waals surface area contributed by atoms with Crippen LogP contribution in [0.5, 0.6) is 0 Å². The lowest BCUT2D eigenvalue weighted by Gasteiger charge is -2.00. The van der Waals surface area contributed by atoms with Crippen molar-refractivity contribution in [1.29, 1.82) is 0 Å². The molecule has 14 heavy (non-hydrogen) atoms. The van der Waals surface area contributed by atoms with Crippen molar-refractivity contribution < 1.29 is 4.74 Å². The molecule has 0 N–H and O–H groups in total. The van der Waals surface area contributed by atoms with Crippen molar-refractivity contribution in [3.05, 3.63) is 46.5 Å². The topological polar surface area (TPSA) is 9.23 Å². The molecule has 0 saturated heterocycles. The van der Waals surface area contributed by atoms with Crippen LogP contribution in [0.1, 0.15) is 5.56 Å². The molecule has 0 aliphatic rings. The Kier molecular flexibility index (Phi) is 7.58. The molecule has 1 rings (SSSR count). The fourth-order valence-corrected chi connectivity index (χ4v) is 1.26. The summed E-state index contributed by atoms with van der Waals surface area (Å²) in [5.74, 6) is 0. The van der Waals surface area contributed by atoms with E-state index in [1.165, 1.54) is 0 Å². The van der Waals surface area contributed by atoms with E-state index in [1.54, 1.807) is 26.4 Å². The predicted molar refractivity (Wildman–Crippen MR) is 63.3 cm³/mol. The van der Waals surface area contributed by atoms with Gasteiger partial charge in [0, 0.05) is 14.2 Å². The predicted octanol–water partition coefficient (Wildman–Crippen LogP) is 3.98. The summed E-state index contributed by atoms with van der Waals surface area (Å²) < 4.78 is 4.25. The van der Waals surface area contributed by atoms with Gasteiger partial charge in [-0.3, -0.25) is 0 Å². The minimum atomic E-state index is 0.603. The van der Waals surface area contributed by atoms with Crippen molar-refractivity contribution in [2.75, 3.05) is 14.2 Å². The Morgan fingerprint density at radius 1 is 1.36 bits per heavy atom. The van der Waals surface area contributed by atoms with Crippen LogP contribution in [-0.4, -0.2) is 14.2 Å². The van der Waals surface area contributed by atoms with Gasteiger partial charge in [0.25, 0.3) is 0 Å². The highest BCUT2D eigenvalue weighted by Gasteiger charge is 2.00. The molecule has 1 aromatic rings. The maximum Gasteiger partial charge on any atom is 0.0627 e. The van der Waals surface area contributed by atoms with Crippen LogP contribution in [0, 0.1) is 0 Å². The van der Waals surface area contributed by atoms with E-state index in [0.717, 1.165) is 12.0 Å². The molecule has 0 radical (unpaired) electrons. The van der Waals surface area contributed by atoms with E-state index in [2.05, 4.69) is 11.3 Å². The third kappa shape index (κ3) is 4.66. The maximum absolute atomic E-state index is 5.89. The van der Waals surface area contributed by atoms with Crippen LogP contribution in [0.4, 0.5) is 0 Å². The second kappa shape index (κ2) is 7.86.